The summed E-state index contributed by atoms with van der Waals surface area (Å²) in [5.41, 5.74) is 2.79. The van der Waals surface area contributed by atoms with Crippen molar-refractivity contribution in [1.29, 1.82) is 0 Å². The van der Waals surface area contributed by atoms with E-state index in [2.05, 4.69) is 63.0 Å². The second-order valence-electron chi connectivity index (χ2n) is 5.42. The summed E-state index contributed by atoms with van der Waals surface area (Å²) in [6.07, 6.45) is 2.22. The first kappa shape index (κ1) is 14.0. The van der Waals surface area contributed by atoms with Gasteiger partial charge in [0.25, 0.3) is 0 Å². The molecule has 1 unspecified atom stereocenters. The molecule has 1 rings (SSSR count). The van der Waals surface area contributed by atoms with Gasteiger partial charge in [-0.25, -0.2) is 0 Å². The predicted octanol–water partition coefficient (Wildman–Crippen LogP) is 3.91. The van der Waals surface area contributed by atoms with Crippen molar-refractivity contribution in [2.45, 2.75) is 45.1 Å². The van der Waals surface area contributed by atoms with Crippen LogP contribution in [0.2, 0.25) is 0 Å². The Kier molecular flexibility index (Phi) is 4.95. The molecule has 1 nitrogen and oxygen atoms in total. The van der Waals surface area contributed by atoms with E-state index in [0.29, 0.717) is 6.04 Å². The smallest absolute Gasteiger partial charge is 0.0159 e. The fraction of sp³-hybridized carbons (Fsp3) is 0.500. The van der Waals surface area contributed by atoms with Crippen molar-refractivity contribution >= 4 is 0 Å². The lowest BCUT2D eigenvalue weighted by atomic mass is 9.76. The van der Waals surface area contributed by atoms with Gasteiger partial charge in [-0.05, 0) is 32.4 Å². The van der Waals surface area contributed by atoms with E-state index in [1.807, 2.05) is 7.05 Å². The molecule has 0 saturated heterocycles. The molecule has 0 heterocycles. The summed E-state index contributed by atoms with van der Waals surface area (Å²) in [5.74, 6) is 0. The van der Waals surface area contributed by atoms with E-state index in [9.17, 15) is 0 Å². The van der Waals surface area contributed by atoms with E-state index in [1.165, 1.54) is 11.1 Å². The van der Waals surface area contributed by atoms with Crippen molar-refractivity contribution in [2.24, 2.45) is 0 Å². The maximum Gasteiger partial charge on any atom is 0.0159 e. The molecule has 1 aromatic carbocycles. The van der Waals surface area contributed by atoms with Gasteiger partial charge in [0.2, 0.25) is 0 Å². The Labute approximate surface area is 106 Å². The van der Waals surface area contributed by atoms with Crippen molar-refractivity contribution in [3.63, 3.8) is 0 Å². The topological polar surface area (TPSA) is 12.0 Å². The second kappa shape index (κ2) is 6.02. The first-order valence-electron chi connectivity index (χ1n) is 6.35. The zero-order valence-corrected chi connectivity index (χ0v) is 11.6. The molecule has 17 heavy (non-hydrogen) atoms. The van der Waals surface area contributed by atoms with Gasteiger partial charge in [-0.3, -0.25) is 0 Å². The minimum atomic E-state index is 0.144. The summed E-state index contributed by atoms with van der Waals surface area (Å²) >= 11 is 0. The van der Waals surface area contributed by atoms with Crippen LogP contribution in [0.3, 0.4) is 0 Å². The summed E-state index contributed by atoms with van der Waals surface area (Å²) in [4.78, 5) is 0. The Morgan fingerprint density at radius 1 is 1.29 bits per heavy atom. The number of benzene rings is 1. The van der Waals surface area contributed by atoms with Gasteiger partial charge in [0.05, 0.1) is 0 Å². The molecule has 0 spiro atoms. The number of rotatable bonds is 6. The molecule has 0 aliphatic heterocycles. The Bertz CT molecular complexity index is 351. The standard InChI is InChI=1S/C16H25N/c1-13(2)11-12-15(17-5)16(3,4)14-9-7-6-8-10-14/h6-10,15,17H,1,11-12H2,2-5H3. The third-order valence-electron chi connectivity index (χ3n) is 3.60. The van der Waals surface area contributed by atoms with Crippen molar-refractivity contribution in [1.82, 2.24) is 5.32 Å². The molecule has 0 amide bonds. The monoisotopic (exact) mass is 231 g/mol. The highest BCUT2D eigenvalue weighted by Gasteiger charge is 2.29. The Morgan fingerprint density at radius 2 is 1.88 bits per heavy atom. The highest BCUT2D eigenvalue weighted by molar-refractivity contribution is 5.25. The zero-order valence-electron chi connectivity index (χ0n) is 11.6. The number of nitrogens with one attached hydrogen (secondary N) is 1. The van der Waals surface area contributed by atoms with Gasteiger partial charge in [-0.15, -0.1) is 6.58 Å². The quantitative estimate of drug-likeness (QED) is 0.732. The van der Waals surface area contributed by atoms with Crippen LogP contribution < -0.4 is 5.32 Å². The molecule has 0 aliphatic rings. The van der Waals surface area contributed by atoms with E-state index in [-0.39, 0.29) is 5.41 Å². The molecule has 1 aromatic rings. The van der Waals surface area contributed by atoms with Crippen molar-refractivity contribution < 1.29 is 0 Å². The van der Waals surface area contributed by atoms with Crippen LogP contribution in [-0.4, -0.2) is 13.1 Å². The van der Waals surface area contributed by atoms with Crippen LogP contribution in [0.25, 0.3) is 0 Å². The highest BCUT2D eigenvalue weighted by atomic mass is 14.9. The second-order valence-corrected chi connectivity index (χ2v) is 5.42. The number of hydrogen-bond donors (Lipinski definition) is 1. The molecule has 0 aromatic heterocycles. The van der Waals surface area contributed by atoms with E-state index in [1.54, 1.807) is 0 Å². The summed E-state index contributed by atoms with van der Waals surface area (Å²) in [5, 5.41) is 3.46. The first-order chi connectivity index (χ1) is 7.98. The molecule has 1 N–H and O–H groups in total. The van der Waals surface area contributed by atoms with Crippen molar-refractivity contribution in [3.05, 3.63) is 48.0 Å². The summed E-state index contributed by atoms with van der Waals surface area (Å²) in [7, 11) is 2.05. The van der Waals surface area contributed by atoms with Gasteiger partial charge in [-0.2, -0.15) is 0 Å². The van der Waals surface area contributed by atoms with Gasteiger partial charge >= 0.3 is 0 Å². The molecule has 1 heteroatoms. The van der Waals surface area contributed by atoms with E-state index in [4.69, 9.17) is 0 Å². The Balaban J connectivity index is 2.82. The van der Waals surface area contributed by atoms with Gasteiger partial charge in [0.1, 0.15) is 0 Å². The Hall–Kier alpha value is -1.08. The number of hydrogen-bond acceptors (Lipinski definition) is 1. The van der Waals surface area contributed by atoms with Gasteiger partial charge in [-0.1, -0.05) is 49.8 Å². The summed E-state index contributed by atoms with van der Waals surface area (Å²) in [6.45, 7) is 10.7. The third-order valence-corrected chi connectivity index (χ3v) is 3.60. The largest absolute Gasteiger partial charge is 0.316 e. The SMILES string of the molecule is C=C(C)CCC(NC)C(C)(C)c1ccccc1. The van der Waals surface area contributed by atoms with Crippen molar-refractivity contribution in [3.8, 4) is 0 Å². The van der Waals surface area contributed by atoms with Gasteiger partial charge < -0.3 is 5.32 Å². The van der Waals surface area contributed by atoms with Crippen LogP contribution in [0.4, 0.5) is 0 Å². The molecule has 1 atom stereocenters. The normalized spacial score (nSPS) is 13.4. The fourth-order valence-electron chi connectivity index (χ4n) is 2.33. The lowest BCUT2D eigenvalue weighted by Crippen LogP contribution is -2.43. The van der Waals surface area contributed by atoms with Crippen LogP contribution in [0.15, 0.2) is 42.5 Å². The minimum absolute atomic E-state index is 0.144. The predicted molar refractivity (Wildman–Crippen MR) is 76.4 cm³/mol. The van der Waals surface area contributed by atoms with Crippen LogP contribution in [0, 0.1) is 0 Å². The van der Waals surface area contributed by atoms with E-state index < -0.39 is 0 Å². The average molecular weight is 231 g/mol. The molecule has 0 bridgehead atoms. The molecule has 0 aliphatic carbocycles. The molecule has 94 valence electrons. The van der Waals surface area contributed by atoms with Crippen molar-refractivity contribution in [2.75, 3.05) is 7.05 Å². The van der Waals surface area contributed by atoms with Crippen LogP contribution in [-0.2, 0) is 5.41 Å². The molecule has 0 radical (unpaired) electrons. The minimum Gasteiger partial charge on any atom is -0.316 e. The maximum atomic E-state index is 3.99. The summed E-state index contributed by atoms with van der Waals surface area (Å²) < 4.78 is 0. The van der Waals surface area contributed by atoms with Gasteiger partial charge in [0, 0.05) is 11.5 Å². The Morgan fingerprint density at radius 3 is 2.35 bits per heavy atom. The van der Waals surface area contributed by atoms with E-state index >= 15 is 0 Å². The van der Waals surface area contributed by atoms with Crippen LogP contribution in [0.1, 0.15) is 39.2 Å². The average Bonchev–Trinajstić information content (AvgIpc) is 2.30. The molecule has 0 saturated carbocycles. The third kappa shape index (κ3) is 3.71. The van der Waals surface area contributed by atoms with Gasteiger partial charge in [0.15, 0.2) is 0 Å². The molecular weight excluding hydrogens is 206 g/mol. The highest BCUT2D eigenvalue weighted by Crippen LogP contribution is 2.29. The molecule has 0 fully saturated rings. The van der Waals surface area contributed by atoms with Crippen LogP contribution in [0.5, 0.6) is 0 Å². The lowest BCUT2D eigenvalue weighted by molar-refractivity contribution is 0.340. The fourth-order valence-corrected chi connectivity index (χ4v) is 2.33. The number of allylic oxidation sites excluding steroid dienone is 1. The van der Waals surface area contributed by atoms with Crippen LogP contribution >= 0.6 is 0 Å². The zero-order chi connectivity index (χ0) is 12.9. The maximum absolute atomic E-state index is 3.99. The number of likely N-dealkylation sites (N-methyl/N-ethyl adjacent to an activating group) is 1. The molecular formula is C16H25N. The first-order valence-corrected chi connectivity index (χ1v) is 6.35. The lowest BCUT2D eigenvalue weighted by Gasteiger charge is -2.35. The summed E-state index contributed by atoms with van der Waals surface area (Å²) in [6, 6.07) is 11.2. The van der Waals surface area contributed by atoms with E-state index in [0.717, 1.165) is 12.8 Å².